The van der Waals surface area contributed by atoms with E-state index >= 15 is 0 Å². The standard InChI is InChI=1S/C12H20N4O3/c1-4-9(5-11(17)18)6-13-12(19)14-10-7-16(3)15-8(10)2/h7,9H,4-6H2,1-3H3,(H,17,18)(H2,13,14,19). The lowest BCUT2D eigenvalue weighted by atomic mass is 10.0. The van der Waals surface area contributed by atoms with E-state index in [-0.39, 0.29) is 18.4 Å². The van der Waals surface area contributed by atoms with E-state index in [2.05, 4.69) is 15.7 Å². The molecule has 2 amide bonds. The molecule has 0 spiro atoms. The number of urea groups is 1. The summed E-state index contributed by atoms with van der Waals surface area (Å²) in [6.45, 7) is 4.04. The maximum atomic E-state index is 11.7. The molecule has 1 atom stereocenters. The minimum Gasteiger partial charge on any atom is -0.481 e. The lowest BCUT2D eigenvalue weighted by Gasteiger charge is -2.13. The fourth-order valence-corrected chi connectivity index (χ4v) is 1.73. The van der Waals surface area contributed by atoms with Crippen LogP contribution in [0.3, 0.4) is 0 Å². The summed E-state index contributed by atoms with van der Waals surface area (Å²) in [7, 11) is 1.77. The van der Waals surface area contributed by atoms with E-state index in [1.807, 2.05) is 6.92 Å². The summed E-state index contributed by atoms with van der Waals surface area (Å²) in [5.41, 5.74) is 1.38. The first-order chi connectivity index (χ1) is 8.92. The second-order valence-corrected chi connectivity index (χ2v) is 4.51. The third kappa shape index (κ3) is 4.99. The second-order valence-electron chi connectivity index (χ2n) is 4.51. The molecule has 3 N–H and O–H groups in total. The minimum atomic E-state index is -0.850. The highest BCUT2D eigenvalue weighted by molar-refractivity contribution is 5.89. The van der Waals surface area contributed by atoms with Gasteiger partial charge in [-0.05, 0) is 12.8 Å². The average Bonchev–Trinajstić information content (AvgIpc) is 2.62. The van der Waals surface area contributed by atoms with Crippen molar-refractivity contribution in [2.24, 2.45) is 13.0 Å². The van der Waals surface area contributed by atoms with Crippen LogP contribution in [0.4, 0.5) is 10.5 Å². The van der Waals surface area contributed by atoms with Gasteiger partial charge in [0.05, 0.1) is 11.4 Å². The summed E-state index contributed by atoms with van der Waals surface area (Å²) in [6.07, 6.45) is 2.48. The Labute approximate surface area is 112 Å². The van der Waals surface area contributed by atoms with Crippen molar-refractivity contribution in [3.8, 4) is 0 Å². The van der Waals surface area contributed by atoms with Gasteiger partial charge in [-0.3, -0.25) is 9.48 Å². The Kier molecular flexibility index (Phi) is 5.35. The van der Waals surface area contributed by atoms with Crippen molar-refractivity contribution >= 4 is 17.7 Å². The Bertz CT molecular complexity index is 456. The zero-order valence-electron chi connectivity index (χ0n) is 11.4. The molecule has 1 aromatic heterocycles. The number of carboxylic acids is 1. The number of hydrogen-bond acceptors (Lipinski definition) is 3. The Balaban J connectivity index is 2.43. The number of rotatable bonds is 6. The largest absolute Gasteiger partial charge is 0.481 e. The first kappa shape index (κ1) is 15.0. The van der Waals surface area contributed by atoms with Gasteiger partial charge in [0.15, 0.2) is 0 Å². The monoisotopic (exact) mass is 268 g/mol. The van der Waals surface area contributed by atoms with Crippen molar-refractivity contribution in [3.63, 3.8) is 0 Å². The molecule has 1 aromatic rings. The number of hydrogen-bond donors (Lipinski definition) is 3. The number of amides is 2. The Morgan fingerprint density at radius 2 is 2.21 bits per heavy atom. The van der Waals surface area contributed by atoms with Gasteiger partial charge in [-0.25, -0.2) is 4.79 Å². The number of aryl methyl sites for hydroxylation is 2. The highest BCUT2D eigenvalue weighted by atomic mass is 16.4. The van der Waals surface area contributed by atoms with Crippen molar-refractivity contribution in [3.05, 3.63) is 11.9 Å². The van der Waals surface area contributed by atoms with Crippen LogP contribution in [-0.2, 0) is 11.8 Å². The third-order valence-corrected chi connectivity index (χ3v) is 2.85. The normalized spacial score (nSPS) is 11.9. The molecule has 0 radical (unpaired) electrons. The van der Waals surface area contributed by atoms with E-state index < -0.39 is 5.97 Å². The highest BCUT2D eigenvalue weighted by Gasteiger charge is 2.13. The summed E-state index contributed by atoms with van der Waals surface area (Å²) >= 11 is 0. The van der Waals surface area contributed by atoms with Gasteiger partial charge in [0.2, 0.25) is 0 Å². The molecule has 0 saturated heterocycles. The first-order valence-electron chi connectivity index (χ1n) is 6.19. The van der Waals surface area contributed by atoms with Crippen molar-refractivity contribution in [2.75, 3.05) is 11.9 Å². The number of carboxylic acid groups (broad SMARTS) is 1. The highest BCUT2D eigenvalue weighted by Crippen LogP contribution is 2.11. The Hall–Kier alpha value is -2.05. The van der Waals surface area contributed by atoms with Gasteiger partial charge in [-0.15, -0.1) is 0 Å². The maximum absolute atomic E-state index is 11.7. The molecule has 19 heavy (non-hydrogen) atoms. The fourth-order valence-electron chi connectivity index (χ4n) is 1.73. The van der Waals surface area contributed by atoms with Crippen molar-refractivity contribution in [1.29, 1.82) is 0 Å². The van der Waals surface area contributed by atoms with Crippen molar-refractivity contribution < 1.29 is 14.7 Å². The number of aliphatic carboxylic acids is 1. The van der Waals surface area contributed by atoms with Crippen molar-refractivity contribution in [1.82, 2.24) is 15.1 Å². The van der Waals surface area contributed by atoms with E-state index in [4.69, 9.17) is 5.11 Å². The molecule has 106 valence electrons. The predicted molar refractivity (Wildman–Crippen MR) is 71.0 cm³/mol. The van der Waals surface area contributed by atoms with Crippen LogP contribution in [0.2, 0.25) is 0 Å². The molecule has 1 rings (SSSR count). The molecule has 7 nitrogen and oxygen atoms in total. The lowest BCUT2D eigenvalue weighted by molar-refractivity contribution is -0.138. The molecular formula is C12H20N4O3. The zero-order valence-corrected chi connectivity index (χ0v) is 11.4. The summed E-state index contributed by atoms with van der Waals surface area (Å²) < 4.78 is 1.62. The van der Waals surface area contributed by atoms with Gasteiger partial charge in [0, 0.05) is 26.2 Å². The molecule has 0 aliphatic rings. The molecule has 0 fully saturated rings. The van der Waals surface area contributed by atoms with Gasteiger partial charge in [0.25, 0.3) is 0 Å². The second kappa shape index (κ2) is 6.77. The fraction of sp³-hybridized carbons (Fsp3) is 0.583. The Morgan fingerprint density at radius 3 is 2.68 bits per heavy atom. The zero-order chi connectivity index (χ0) is 14.4. The van der Waals surface area contributed by atoms with Crippen LogP contribution in [0.25, 0.3) is 0 Å². The van der Waals surface area contributed by atoms with Crippen LogP contribution in [0.5, 0.6) is 0 Å². The van der Waals surface area contributed by atoms with E-state index in [1.165, 1.54) is 0 Å². The molecule has 0 aromatic carbocycles. The molecule has 7 heteroatoms. The first-order valence-corrected chi connectivity index (χ1v) is 6.19. The van der Waals surface area contributed by atoms with Gasteiger partial charge >= 0.3 is 12.0 Å². The van der Waals surface area contributed by atoms with Crippen LogP contribution >= 0.6 is 0 Å². The quantitative estimate of drug-likeness (QED) is 0.725. The van der Waals surface area contributed by atoms with Crippen LogP contribution in [0, 0.1) is 12.8 Å². The Morgan fingerprint density at radius 1 is 1.53 bits per heavy atom. The number of aromatic nitrogens is 2. The topological polar surface area (TPSA) is 96.3 Å². The van der Waals surface area contributed by atoms with Gasteiger partial charge < -0.3 is 15.7 Å². The van der Waals surface area contributed by atoms with E-state index in [0.717, 1.165) is 5.69 Å². The van der Waals surface area contributed by atoms with Crippen LogP contribution in [0.1, 0.15) is 25.5 Å². The third-order valence-electron chi connectivity index (χ3n) is 2.85. The minimum absolute atomic E-state index is 0.0572. The number of anilines is 1. The summed E-state index contributed by atoms with van der Waals surface area (Å²) in [6, 6.07) is -0.347. The molecule has 0 aliphatic carbocycles. The van der Waals surface area contributed by atoms with E-state index in [0.29, 0.717) is 18.7 Å². The summed E-state index contributed by atoms with van der Waals surface area (Å²) in [5.74, 6) is -0.907. The molecule has 0 aliphatic heterocycles. The summed E-state index contributed by atoms with van der Waals surface area (Å²) in [4.78, 5) is 22.3. The van der Waals surface area contributed by atoms with Gasteiger partial charge in [-0.1, -0.05) is 13.3 Å². The van der Waals surface area contributed by atoms with E-state index in [1.54, 1.807) is 24.9 Å². The molecular weight excluding hydrogens is 248 g/mol. The summed E-state index contributed by atoms with van der Waals surface area (Å²) in [5, 5.41) is 18.2. The molecule has 0 saturated carbocycles. The smallest absolute Gasteiger partial charge is 0.319 e. The van der Waals surface area contributed by atoms with E-state index in [9.17, 15) is 9.59 Å². The lowest BCUT2D eigenvalue weighted by Crippen LogP contribution is -2.33. The number of nitrogens with zero attached hydrogens (tertiary/aromatic N) is 2. The SMILES string of the molecule is CCC(CNC(=O)Nc1cn(C)nc1C)CC(=O)O. The number of nitrogens with one attached hydrogen (secondary N) is 2. The molecule has 1 heterocycles. The maximum Gasteiger partial charge on any atom is 0.319 e. The van der Waals surface area contributed by atoms with Crippen LogP contribution in [0.15, 0.2) is 6.20 Å². The van der Waals surface area contributed by atoms with Gasteiger partial charge in [-0.2, -0.15) is 5.10 Å². The molecule has 1 unspecified atom stereocenters. The number of carbonyl (C=O) groups excluding carboxylic acids is 1. The predicted octanol–water partition coefficient (Wildman–Crippen LogP) is 1.35. The van der Waals surface area contributed by atoms with Gasteiger partial charge in [0.1, 0.15) is 0 Å². The molecule has 0 bridgehead atoms. The average molecular weight is 268 g/mol. The van der Waals surface area contributed by atoms with Crippen LogP contribution in [-0.4, -0.2) is 33.4 Å². The van der Waals surface area contributed by atoms with Crippen LogP contribution < -0.4 is 10.6 Å². The van der Waals surface area contributed by atoms with Crippen molar-refractivity contribution in [2.45, 2.75) is 26.7 Å². The number of carbonyl (C=O) groups is 2.